The fraction of sp³-hybridized carbons (Fsp3) is 0.929. The third kappa shape index (κ3) is 3.16. The summed E-state index contributed by atoms with van der Waals surface area (Å²) in [4.78, 5) is 2.22. The SMILES string of the molecule is CCC1CN(CC2(C#N)CC2S(C)(=O)=O)CC(CC)O1. The lowest BCUT2D eigenvalue weighted by Crippen LogP contribution is -2.49. The first kappa shape index (κ1) is 15.7. The van der Waals surface area contributed by atoms with Gasteiger partial charge in [-0.2, -0.15) is 5.26 Å². The lowest BCUT2D eigenvalue weighted by molar-refractivity contribution is -0.0894. The van der Waals surface area contributed by atoms with Crippen LogP contribution < -0.4 is 0 Å². The van der Waals surface area contributed by atoms with Gasteiger partial charge in [0.05, 0.1) is 28.9 Å². The van der Waals surface area contributed by atoms with Crippen LogP contribution in [-0.2, 0) is 14.6 Å². The molecule has 1 saturated heterocycles. The highest BCUT2D eigenvalue weighted by atomic mass is 32.2. The van der Waals surface area contributed by atoms with Crippen molar-refractivity contribution < 1.29 is 13.2 Å². The van der Waals surface area contributed by atoms with Crippen LogP contribution in [0.25, 0.3) is 0 Å². The predicted molar refractivity (Wildman–Crippen MR) is 77.0 cm³/mol. The van der Waals surface area contributed by atoms with E-state index in [1.54, 1.807) is 0 Å². The third-order valence-corrected chi connectivity index (χ3v) is 6.12. The van der Waals surface area contributed by atoms with Gasteiger partial charge >= 0.3 is 0 Å². The number of morpholine rings is 1. The van der Waals surface area contributed by atoms with E-state index in [1.165, 1.54) is 6.26 Å². The Morgan fingerprint density at radius 2 is 1.85 bits per heavy atom. The molecule has 0 spiro atoms. The first-order valence-electron chi connectivity index (χ1n) is 7.32. The number of nitriles is 1. The molecule has 1 saturated carbocycles. The van der Waals surface area contributed by atoms with Crippen LogP contribution in [0.15, 0.2) is 0 Å². The van der Waals surface area contributed by atoms with Crippen LogP contribution >= 0.6 is 0 Å². The molecule has 0 bridgehead atoms. The molecule has 1 aliphatic heterocycles. The van der Waals surface area contributed by atoms with Crippen molar-refractivity contribution >= 4 is 9.84 Å². The highest BCUT2D eigenvalue weighted by Gasteiger charge is 2.61. The Bertz CT molecular complexity index is 487. The van der Waals surface area contributed by atoms with Gasteiger partial charge in [0.25, 0.3) is 0 Å². The Kier molecular flexibility index (Phi) is 4.43. The van der Waals surface area contributed by atoms with Crippen LogP contribution in [0, 0.1) is 16.7 Å². The quantitative estimate of drug-likeness (QED) is 0.763. The van der Waals surface area contributed by atoms with Crippen molar-refractivity contribution in [2.75, 3.05) is 25.9 Å². The molecule has 0 aromatic carbocycles. The topological polar surface area (TPSA) is 70.4 Å². The van der Waals surface area contributed by atoms with Gasteiger partial charge in [0.2, 0.25) is 0 Å². The molecule has 4 atom stereocenters. The molecule has 0 amide bonds. The maximum atomic E-state index is 11.7. The van der Waals surface area contributed by atoms with E-state index >= 15 is 0 Å². The maximum absolute atomic E-state index is 11.7. The summed E-state index contributed by atoms with van der Waals surface area (Å²) >= 11 is 0. The number of hydrogen-bond donors (Lipinski definition) is 0. The largest absolute Gasteiger partial charge is 0.372 e. The zero-order chi connectivity index (χ0) is 15.0. The zero-order valence-electron chi connectivity index (χ0n) is 12.5. The summed E-state index contributed by atoms with van der Waals surface area (Å²) in [5.74, 6) is 0. The monoisotopic (exact) mass is 300 g/mol. The molecular weight excluding hydrogens is 276 g/mol. The van der Waals surface area contributed by atoms with E-state index in [-0.39, 0.29) is 12.2 Å². The molecule has 1 heterocycles. The molecule has 20 heavy (non-hydrogen) atoms. The van der Waals surface area contributed by atoms with E-state index in [9.17, 15) is 13.7 Å². The van der Waals surface area contributed by atoms with Gasteiger partial charge < -0.3 is 4.74 Å². The fourth-order valence-electron chi connectivity index (χ4n) is 3.14. The average Bonchev–Trinajstić information content (AvgIpc) is 3.13. The fourth-order valence-corrected chi connectivity index (χ4v) is 4.69. The van der Waals surface area contributed by atoms with Crippen LogP contribution in [0.3, 0.4) is 0 Å². The summed E-state index contributed by atoms with van der Waals surface area (Å²) in [5.41, 5.74) is -0.693. The Hall–Kier alpha value is -0.640. The van der Waals surface area contributed by atoms with Gasteiger partial charge in [-0.1, -0.05) is 13.8 Å². The molecule has 5 nitrogen and oxygen atoms in total. The molecule has 114 valence electrons. The normalized spacial score (nSPS) is 38.4. The van der Waals surface area contributed by atoms with E-state index in [0.717, 1.165) is 25.9 Å². The van der Waals surface area contributed by atoms with Gasteiger partial charge in [0, 0.05) is 25.9 Å². The minimum Gasteiger partial charge on any atom is -0.372 e. The van der Waals surface area contributed by atoms with Gasteiger partial charge in [0.1, 0.15) is 0 Å². The lowest BCUT2D eigenvalue weighted by Gasteiger charge is -2.38. The van der Waals surface area contributed by atoms with Gasteiger partial charge in [0.15, 0.2) is 9.84 Å². The second-order valence-electron chi connectivity index (χ2n) is 6.18. The lowest BCUT2D eigenvalue weighted by atomic mass is 10.1. The van der Waals surface area contributed by atoms with Crippen molar-refractivity contribution in [2.24, 2.45) is 5.41 Å². The van der Waals surface area contributed by atoms with Crippen LogP contribution in [-0.4, -0.2) is 56.7 Å². The Balaban J connectivity index is 2.04. The minimum atomic E-state index is -3.12. The zero-order valence-corrected chi connectivity index (χ0v) is 13.3. The summed E-state index contributed by atoms with van der Waals surface area (Å²) in [6.45, 7) is 6.34. The minimum absolute atomic E-state index is 0.194. The second kappa shape index (κ2) is 5.63. The molecule has 0 aromatic heterocycles. The molecule has 6 heteroatoms. The number of nitrogens with zero attached hydrogens (tertiary/aromatic N) is 2. The Labute approximate surface area is 121 Å². The number of rotatable bonds is 5. The van der Waals surface area contributed by atoms with E-state index in [1.807, 2.05) is 0 Å². The van der Waals surface area contributed by atoms with E-state index in [0.29, 0.717) is 13.0 Å². The van der Waals surface area contributed by atoms with Crippen LogP contribution in [0.5, 0.6) is 0 Å². The van der Waals surface area contributed by atoms with Gasteiger partial charge in [-0.15, -0.1) is 0 Å². The summed E-state index contributed by atoms with van der Waals surface area (Å²) in [5, 5.41) is 8.91. The van der Waals surface area contributed by atoms with Crippen molar-refractivity contribution in [2.45, 2.75) is 50.6 Å². The van der Waals surface area contributed by atoms with Gasteiger partial charge in [-0.05, 0) is 19.3 Å². The maximum Gasteiger partial charge on any atom is 0.151 e. The summed E-state index contributed by atoms with van der Waals surface area (Å²) in [6.07, 6.45) is 4.00. The van der Waals surface area contributed by atoms with Gasteiger partial charge in [-0.3, -0.25) is 4.90 Å². The van der Waals surface area contributed by atoms with E-state index in [4.69, 9.17) is 4.74 Å². The molecule has 1 aliphatic carbocycles. The van der Waals surface area contributed by atoms with E-state index < -0.39 is 20.5 Å². The molecule has 0 aromatic rings. The highest BCUT2D eigenvalue weighted by molar-refractivity contribution is 7.91. The Morgan fingerprint density at radius 1 is 1.30 bits per heavy atom. The predicted octanol–water partition coefficient (Wildman–Crippen LogP) is 1.20. The van der Waals surface area contributed by atoms with Crippen molar-refractivity contribution in [3.63, 3.8) is 0 Å². The molecular formula is C14H24N2O3S. The second-order valence-corrected chi connectivity index (χ2v) is 8.41. The van der Waals surface area contributed by atoms with Crippen molar-refractivity contribution in [3.8, 4) is 6.07 Å². The first-order chi connectivity index (χ1) is 9.34. The standard InChI is InChI=1S/C14H24N2O3S/c1-4-11-7-16(8-12(5-2)19-11)10-14(9-15)6-13(14)20(3,17)18/h11-13H,4-8,10H2,1-3H3. The highest BCUT2D eigenvalue weighted by Crippen LogP contribution is 2.50. The van der Waals surface area contributed by atoms with Crippen molar-refractivity contribution in [1.82, 2.24) is 4.90 Å². The third-order valence-electron chi connectivity index (χ3n) is 4.47. The summed E-state index contributed by atoms with van der Waals surface area (Å²) in [7, 11) is -3.12. The number of ether oxygens (including phenoxy) is 1. The molecule has 2 rings (SSSR count). The Morgan fingerprint density at radius 3 is 2.20 bits per heavy atom. The molecule has 4 unspecified atom stereocenters. The van der Waals surface area contributed by atoms with Crippen molar-refractivity contribution in [3.05, 3.63) is 0 Å². The molecule has 0 radical (unpaired) electrons. The first-order valence-corrected chi connectivity index (χ1v) is 9.28. The smallest absolute Gasteiger partial charge is 0.151 e. The molecule has 0 N–H and O–H groups in total. The van der Waals surface area contributed by atoms with Crippen LogP contribution in [0.2, 0.25) is 0 Å². The number of sulfone groups is 1. The summed E-state index contributed by atoms with van der Waals surface area (Å²) < 4.78 is 29.2. The van der Waals surface area contributed by atoms with E-state index in [2.05, 4.69) is 24.8 Å². The molecule has 2 fully saturated rings. The average molecular weight is 300 g/mol. The van der Waals surface area contributed by atoms with Crippen LogP contribution in [0.4, 0.5) is 0 Å². The van der Waals surface area contributed by atoms with Crippen LogP contribution in [0.1, 0.15) is 33.1 Å². The van der Waals surface area contributed by atoms with Crippen molar-refractivity contribution in [1.29, 1.82) is 5.26 Å². The summed E-state index contributed by atoms with van der Waals surface area (Å²) in [6, 6.07) is 2.26. The van der Waals surface area contributed by atoms with Gasteiger partial charge in [-0.25, -0.2) is 8.42 Å². The molecule has 2 aliphatic rings. The number of hydrogen-bond acceptors (Lipinski definition) is 5.